The fraction of sp³-hybridized carbons (Fsp3) is 0.100. The Balaban J connectivity index is 3.02. The topological polar surface area (TPSA) is 75.3 Å². The third-order valence-electron chi connectivity index (χ3n) is 1.77. The standard InChI is InChI=1S/C10H12N2O2/c1-7-2-3-8(4-5-10(13)14)9(6-7)12-11/h2-6,12H,11H2,1H3,(H,13,14)/b5-4+. The Morgan fingerprint density at radius 2 is 2.29 bits per heavy atom. The number of aliphatic carboxylic acids is 1. The average molecular weight is 192 g/mol. The van der Waals surface area contributed by atoms with Crippen molar-refractivity contribution < 1.29 is 9.90 Å². The fourth-order valence-electron chi connectivity index (χ4n) is 1.10. The van der Waals surface area contributed by atoms with E-state index in [1.54, 1.807) is 0 Å². The fourth-order valence-corrected chi connectivity index (χ4v) is 1.10. The second kappa shape index (κ2) is 4.43. The molecule has 0 heterocycles. The molecule has 4 heteroatoms. The van der Waals surface area contributed by atoms with E-state index in [1.165, 1.54) is 6.08 Å². The van der Waals surface area contributed by atoms with Crippen LogP contribution < -0.4 is 11.3 Å². The second-order valence-corrected chi connectivity index (χ2v) is 2.91. The van der Waals surface area contributed by atoms with Gasteiger partial charge in [-0.1, -0.05) is 12.1 Å². The Labute approximate surface area is 82.0 Å². The molecule has 4 nitrogen and oxygen atoms in total. The van der Waals surface area contributed by atoms with Crippen LogP contribution in [0.25, 0.3) is 6.08 Å². The molecule has 0 radical (unpaired) electrons. The lowest BCUT2D eigenvalue weighted by Crippen LogP contribution is -2.08. The molecule has 0 spiro atoms. The van der Waals surface area contributed by atoms with E-state index in [9.17, 15) is 4.79 Å². The highest BCUT2D eigenvalue weighted by molar-refractivity contribution is 5.86. The summed E-state index contributed by atoms with van der Waals surface area (Å²) in [5, 5.41) is 8.45. The Bertz CT molecular complexity index is 372. The minimum absolute atomic E-state index is 0.711. The van der Waals surface area contributed by atoms with Gasteiger partial charge < -0.3 is 10.5 Å². The zero-order chi connectivity index (χ0) is 10.6. The van der Waals surface area contributed by atoms with Crippen LogP contribution in [0.15, 0.2) is 24.3 Å². The van der Waals surface area contributed by atoms with Crippen LogP contribution in [-0.2, 0) is 4.79 Å². The van der Waals surface area contributed by atoms with E-state index in [0.29, 0.717) is 5.69 Å². The number of nitrogens with one attached hydrogen (secondary N) is 1. The molecule has 0 fully saturated rings. The quantitative estimate of drug-likeness (QED) is 0.384. The molecule has 1 rings (SSSR count). The van der Waals surface area contributed by atoms with Crippen molar-refractivity contribution in [2.24, 2.45) is 5.84 Å². The van der Waals surface area contributed by atoms with E-state index < -0.39 is 5.97 Å². The summed E-state index contributed by atoms with van der Waals surface area (Å²) in [4.78, 5) is 10.3. The first-order chi connectivity index (χ1) is 6.63. The third kappa shape index (κ3) is 2.60. The number of carboxylic acids is 1. The highest BCUT2D eigenvalue weighted by Crippen LogP contribution is 2.17. The summed E-state index contributed by atoms with van der Waals surface area (Å²) in [5.74, 6) is 4.32. The minimum atomic E-state index is -0.978. The lowest BCUT2D eigenvalue weighted by molar-refractivity contribution is -0.131. The summed E-state index contributed by atoms with van der Waals surface area (Å²) < 4.78 is 0. The Hall–Kier alpha value is -1.81. The summed E-state index contributed by atoms with van der Waals surface area (Å²) in [7, 11) is 0. The number of benzene rings is 1. The van der Waals surface area contributed by atoms with Gasteiger partial charge in [0.1, 0.15) is 0 Å². The molecule has 0 amide bonds. The maximum atomic E-state index is 10.3. The number of hydrogen-bond donors (Lipinski definition) is 3. The molecule has 0 unspecified atom stereocenters. The molecule has 0 saturated carbocycles. The van der Waals surface area contributed by atoms with E-state index >= 15 is 0 Å². The Morgan fingerprint density at radius 3 is 2.86 bits per heavy atom. The van der Waals surface area contributed by atoms with Gasteiger partial charge in [-0.05, 0) is 30.2 Å². The van der Waals surface area contributed by atoms with E-state index in [4.69, 9.17) is 10.9 Å². The maximum Gasteiger partial charge on any atom is 0.328 e. The number of rotatable bonds is 3. The first-order valence-corrected chi connectivity index (χ1v) is 4.12. The van der Waals surface area contributed by atoms with E-state index in [1.807, 2.05) is 25.1 Å². The van der Waals surface area contributed by atoms with Gasteiger partial charge in [-0.15, -0.1) is 0 Å². The minimum Gasteiger partial charge on any atom is -0.478 e. The van der Waals surface area contributed by atoms with Crippen LogP contribution in [0.4, 0.5) is 5.69 Å². The van der Waals surface area contributed by atoms with Crippen molar-refractivity contribution in [3.8, 4) is 0 Å². The van der Waals surface area contributed by atoms with Crippen LogP contribution in [-0.4, -0.2) is 11.1 Å². The number of anilines is 1. The third-order valence-corrected chi connectivity index (χ3v) is 1.77. The summed E-state index contributed by atoms with van der Waals surface area (Å²) in [6, 6.07) is 5.55. The highest BCUT2D eigenvalue weighted by atomic mass is 16.4. The van der Waals surface area contributed by atoms with Gasteiger partial charge in [-0.3, -0.25) is 5.84 Å². The first kappa shape index (κ1) is 10.3. The van der Waals surface area contributed by atoms with Crippen LogP contribution in [0.5, 0.6) is 0 Å². The van der Waals surface area contributed by atoms with Gasteiger partial charge in [0.2, 0.25) is 0 Å². The zero-order valence-electron chi connectivity index (χ0n) is 7.82. The van der Waals surface area contributed by atoms with Gasteiger partial charge in [0.05, 0.1) is 5.69 Å². The monoisotopic (exact) mass is 192 g/mol. The van der Waals surface area contributed by atoms with Gasteiger partial charge in [0.15, 0.2) is 0 Å². The van der Waals surface area contributed by atoms with Gasteiger partial charge in [-0.2, -0.15) is 0 Å². The van der Waals surface area contributed by atoms with Crippen LogP contribution >= 0.6 is 0 Å². The summed E-state index contributed by atoms with van der Waals surface area (Å²) in [5.41, 5.74) is 5.04. The van der Waals surface area contributed by atoms with Crippen molar-refractivity contribution in [3.05, 3.63) is 35.4 Å². The number of carbonyl (C=O) groups is 1. The predicted molar refractivity (Wildman–Crippen MR) is 55.7 cm³/mol. The molecule has 0 atom stereocenters. The number of carboxylic acid groups (broad SMARTS) is 1. The number of aryl methyl sites for hydroxylation is 1. The second-order valence-electron chi connectivity index (χ2n) is 2.91. The summed E-state index contributed by atoms with van der Waals surface area (Å²) in [6.45, 7) is 1.94. The van der Waals surface area contributed by atoms with E-state index in [2.05, 4.69) is 5.43 Å². The predicted octanol–water partition coefficient (Wildman–Crippen LogP) is 1.38. The Kier molecular flexibility index (Phi) is 3.25. The SMILES string of the molecule is Cc1ccc(/C=C/C(=O)O)c(NN)c1. The molecule has 4 N–H and O–H groups in total. The van der Waals surface area contributed by atoms with Crippen molar-refractivity contribution >= 4 is 17.7 Å². The molecular formula is C10H12N2O2. The molecular weight excluding hydrogens is 180 g/mol. The number of nitrogen functional groups attached to an aromatic ring is 1. The highest BCUT2D eigenvalue weighted by Gasteiger charge is 1.98. The van der Waals surface area contributed by atoms with Crippen LogP contribution in [0, 0.1) is 6.92 Å². The van der Waals surface area contributed by atoms with Crippen molar-refractivity contribution in [2.75, 3.05) is 5.43 Å². The first-order valence-electron chi connectivity index (χ1n) is 4.12. The van der Waals surface area contributed by atoms with Crippen molar-refractivity contribution in [1.82, 2.24) is 0 Å². The smallest absolute Gasteiger partial charge is 0.328 e. The van der Waals surface area contributed by atoms with E-state index in [-0.39, 0.29) is 0 Å². The van der Waals surface area contributed by atoms with Gasteiger partial charge >= 0.3 is 5.97 Å². The molecule has 0 saturated heterocycles. The number of hydrogen-bond acceptors (Lipinski definition) is 3. The molecule has 1 aromatic rings. The van der Waals surface area contributed by atoms with Crippen LogP contribution in [0.3, 0.4) is 0 Å². The van der Waals surface area contributed by atoms with Crippen molar-refractivity contribution in [3.63, 3.8) is 0 Å². The van der Waals surface area contributed by atoms with Crippen LogP contribution in [0.2, 0.25) is 0 Å². The van der Waals surface area contributed by atoms with Gasteiger partial charge in [0, 0.05) is 6.08 Å². The van der Waals surface area contributed by atoms with Crippen molar-refractivity contribution in [1.29, 1.82) is 0 Å². The normalized spacial score (nSPS) is 10.4. The Morgan fingerprint density at radius 1 is 1.57 bits per heavy atom. The van der Waals surface area contributed by atoms with Crippen LogP contribution in [0.1, 0.15) is 11.1 Å². The largest absolute Gasteiger partial charge is 0.478 e. The maximum absolute atomic E-state index is 10.3. The molecule has 0 bridgehead atoms. The zero-order valence-corrected chi connectivity index (χ0v) is 7.82. The molecule has 0 aliphatic carbocycles. The van der Waals surface area contributed by atoms with E-state index in [0.717, 1.165) is 17.2 Å². The molecule has 0 aliphatic heterocycles. The molecule has 14 heavy (non-hydrogen) atoms. The van der Waals surface area contributed by atoms with Gasteiger partial charge in [-0.25, -0.2) is 4.79 Å². The molecule has 0 aliphatic rings. The van der Waals surface area contributed by atoms with Crippen molar-refractivity contribution in [2.45, 2.75) is 6.92 Å². The van der Waals surface area contributed by atoms with Gasteiger partial charge in [0.25, 0.3) is 0 Å². The lowest BCUT2D eigenvalue weighted by Gasteiger charge is -2.05. The molecule has 1 aromatic carbocycles. The lowest BCUT2D eigenvalue weighted by atomic mass is 10.1. The summed E-state index contributed by atoms with van der Waals surface area (Å²) >= 11 is 0. The number of nitrogens with two attached hydrogens (primary N) is 1. The molecule has 0 aromatic heterocycles. The summed E-state index contributed by atoms with van der Waals surface area (Å²) in [6.07, 6.45) is 2.57. The number of hydrazine groups is 1. The average Bonchev–Trinajstić information content (AvgIpc) is 2.15. The molecule has 74 valence electrons.